The lowest BCUT2D eigenvalue weighted by atomic mass is 10.1. The number of hydrogen-bond donors (Lipinski definition) is 1. The summed E-state index contributed by atoms with van der Waals surface area (Å²) in [5.74, 6) is -1.13. The largest absolute Gasteiger partial charge is 0.497 e. The Labute approximate surface area is 150 Å². The number of carbonyl (C=O) groups excluding carboxylic acids is 1. The van der Waals surface area contributed by atoms with Gasteiger partial charge in [-0.1, -0.05) is 0 Å². The molecule has 0 radical (unpaired) electrons. The van der Waals surface area contributed by atoms with Crippen molar-refractivity contribution in [3.63, 3.8) is 0 Å². The van der Waals surface area contributed by atoms with Crippen LogP contribution in [0.15, 0.2) is 30.3 Å². The second kappa shape index (κ2) is 6.48. The first-order valence-corrected chi connectivity index (χ1v) is 8.32. The fraction of sp³-hybridized carbons (Fsp3) is 0.368. The highest BCUT2D eigenvalue weighted by Gasteiger charge is 2.47. The number of amides is 1. The van der Waals surface area contributed by atoms with E-state index in [1.54, 1.807) is 13.2 Å². The van der Waals surface area contributed by atoms with Crippen molar-refractivity contribution < 1.29 is 23.8 Å². The number of carbonyl (C=O) groups is 2. The van der Waals surface area contributed by atoms with E-state index in [4.69, 9.17) is 9.84 Å². The Balaban J connectivity index is 1.90. The van der Waals surface area contributed by atoms with Gasteiger partial charge in [0, 0.05) is 30.0 Å². The first-order chi connectivity index (χ1) is 12.3. The van der Waals surface area contributed by atoms with Crippen LogP contribution in [0.2, 0.25) is 0 Å². The standard InChI is InChI=1S/C19H21FN2O4/c1-12-10-16(17(23)21-9-8-19(20,11-21)18(24)25)13(2)22(12)14-4-6-15(26-3)7-5-14/h4-7,10H,8-9,11H2,1-3H3,(H,24,25). The number of nitrogens with zero attached hydrogens (tertiary/aromatic N) is 2. The molecule has 1 N–H and O–H groups in total. The molecule has 1 aliphatic rings. The molecule has 1 fully saturated rings. The summed E-state index contributed by atoms with van der Waals surface area (Å²) < 4.78 is 21.4. The number of carboxylic acids is 1. The third-order valence-corrected chi connectivity index (χ3v) is 4.88. The molecule has 2 heterocycles. The van der Waals surface area contributed by atoms with Crippen LogP contribution in [0.4, 0.5) is 4.39 Å². The van der Waals surface area contributed by atoms with Gasteiger partial charge in [-0.25, -0.2) is 9.18 Å². The van der Waals surface area contributed by atoms with Crippen LogP contribution in [-0.4, -0.2) is 52.3 Å². The number of likely N-dealkylation sites (tertiary alicyclic amines) is 1. The molecule has 0 bridgehead atoms. The van der Waals surface area contributed by atoms with Crippen LogP contribution in [0.1, 0.15) is 28.2 Å². The number of methoxy groups -OCH3 is 1. The van der Waals surface area contributed by atoms with Crippen molar-refractivity contribution in [1.82, 2.24) is 9.47 Å². The molecule has 0 spiro atoms. The Morgan fingerprint density at radius 2 is 1.88 bits per heavy atom. The Morgan fingerprint density at radius 1 is 1.23 bits per heavy atom. The summed E-state index contributed by atoms with van der Waals surface area (Å²) in [6.07, 6.45) is -0.189. The summed E-state index contributed by atoms with van der Waals surface area (Å²) in [6, 6.07) is 9.20. The fourth-order valence-electron chi connectivity index (χ4n) is 3.40. The van der Waals surface area contributed by atoms with Crippen LogP contribution in [-0.2, 0) is 4.79 Å². The van der Waals surface area contributed by atoms with Crippen LogP contribution < -0.4 is 4.74 Å². The maximum atomic E-state index is 14.3. The minimum absolute atomic E-state index is 0.0911. The molecule has 0 aliphatic carbocycles. The monoisotopic (exact) mass is 360 g/mol. The van der Waals surface area contributed by atoms with Gasteiger partial charge in [-0.2, -0.15) is 0 Å². The second-order valence-corrected chi connectivity index (χ2v) is 6.57. The number of ether oxygens (including phenoxy) is 1. The smallest absolute Gasteiger partial charge is 0.343 e. The average Bonchev–Trinajstić information content (AvgIpc) is 3.16. The number of alkyl halides is 1. The van der Waals surface area contributed by atoms with Crippen molar-refractivity contribution in [2.45, 2.75) is 25.9 Å². The first-order valence-electron chi connectivity index (χ1n) is 8.32. The Hall–Kier alpha value is -2.83. The summed E-state index contributed by atoms with van der Waals surface area (Å²) in [6.45, 7) is 3.37. The SMILES string of the molecule is COc1ccc(-n2c(C)cc(C(=O)N3CCC(F)(C(=O)O)C3)c2C)cc1. The quantitative estimate of drug-likeness (QED) is 0.910. The van der Waals surface area contributed by atoms with Crippen LogP contribution in [0.3, 0.4) is 0 Å². The van der Waals surface area contributed by atoms with E-state index in [1.807, 2.05) is 42.7 Å². The maximum absolute atomic E-state index is 14.3. The molecule has 1 saturated heterocycles. The van der Waals surface area contributed by atoms with Crippen LogP contribution in [0.5, 0.6) is 5.75 Å². The van der Waals surface area contributed by atoms with Gasteiger partial charge in [0.25, 0.3) is 5.91 Å². The third kappa shape index (κ3) is 2.94. The zero-order chi connectivity index (χ0) is 19.1. The van der Waals surface area contributed by atoms with Crippen LogP contribution >= 0.6 is 0 Å². The average molecular weight is 360 g/mol. The molecule has 6 nitrogen and oxygen atoms in total. The number of carboxylic acid groups (broad SMARTS) is 1. The molecule has 3 rings (SSSR count). The van der Waals surface area contributed by atoms with Gasteiger partial charge in [0.2, 0.25) is 5.67 Å². The summed E-state index contributed by atoms with van der Waals surface area (Å²) >= 11 is 0. The van der Waals surface area contributed by atoms with Crippen molar-refractivity contribution in [2.24, 2.45) is 0 Å². The maximum Gasteiger partial charge on any atom is 0.343 e. The lowest BCUT2D eigenvalue weighted by molar-refractivity contribution is -0.149. The molecule has 1 aliphatic heterocycles. The van der Waals surface area contributed by atoms with Gasteiger partial charge >= 0.3 is 5.97 Å². The Morgan fingerprint density at radius 3 is 2.42 bits per heavy atom. The van der Waals surface area contributed by atoms with Gasteiger partial charge in [-0.3, -0.25) is 4.79 Å². The summed E-state index contributed by atoms with van der Waals surface area (Å²) in [4.78, 5) is 25.1. The van der Waals surface area contributed by atoms with E-state index in [9.17, 15) is 14.0 Å². The third-order valence-electron chi connectivity index (χ3n) is 4.88. The summed E-state index contributed by atoms with van der Waals surface area (Å²) in [7, 11) is 1.59. The molecule has 138 valence electrons. The predicted octanol–water partition coefficient (Wildman–Crippen LogP) is 2.74. The second-order valence-electron chi connectivity index (χ2n) is 6.57. The van der Waals surface area contributed by atoms with Gasteiger partial charge in [0.15, 0.2) is 0 Å². The molecule has 0 saturated carbocycles. The number of benzene rings is 1. The molecule has 1 atom stereocenters. The molecule has 1 aromatic carbocycles. The van der Waals surface area contributed by atoms with E-state index in [1.165, 1.54) is 4.90 Å². The molecule has 1 amide bonds. The number of aliphatic carboxylic acids is 1. The topological polar surface area (TPSA) is 71.8 Å². The van der Waals surface area contributed by atoms with Gasteiger partial charge in [-0.05, 0) is 44.2 Å². The van der Waals surface area contributed by atoms with Crippen molar-refractivity contribution in [3.05, 3.63) is 47.3 Å². The highest BCUT2D eigenvalue weighted by Crippen LogP contribution is 2.29. The van der Waals surface area contributed by atoms with E-state index in [0.29, 0.717) is 5.56 Å². The molecule has 26 heavy (non-hydrogen) atoms. The number of hydrogen-bond acceptors (Lipinski definition) is 3. The number of aryl methyl sites for hydroxylation is 1. The van der Waals surface area contributed by atoms with E-state index in [-0.39, 0.29) is 18.9 Å². The number of halogens is 1. The number of aromatic nitrogens is 1. The molecule has 1 aromatic heterocycles. The van der Waals surface area contributed by atoms with Crippen molar-refractivity contribution in [1.29, 1.82) is 0 Å². The number of rotatable bonds is 4. The van der Waals surface area contributed by atoms with Gasteiger partial charge in [0.1, 0.15) is 5.75 Å². The normalized spacial score (nSPS) is 19.6. The Bertz CT molecular complexity index is 859. The van der Waals surface area contributed by atoms with Crippen LogP contribution in [0, 0.1) is 13.8 Å². The van der Waals surface area contributed by atoms with Crippen LogP contribution in [0.25, 0.3) is 5.69 Å². The zero-order valence-electron chi connectivity index (χ0n) is 15.0. The summed E-state index contributed by atoms with van der Waals surface area (Å²) in [5, 5.41) is 9.01. The molecule has 1 unspecified atom stereocenters. The minimum atomic E-state index is -2.36. The predicted molar refractivity (Wildman–Crippen MR) is 93.8 cm³/mol. The van der Waals surface area contributed by atoms with Gasteiger partial charge in [0.05, 0.1) is 19.2 Å². The molecule has 2 aromatic rings. The highest BCUT2D eigenvalue weighted by atomic mass is 19.1. The molecular weight excluding hydrogens is 339 g/mol. The van der Waals surface area contributed by atoms with Gasteiger partial charge in [-0.15, -0.1) is 0 Å². The lowest BCUT2D eigenvalue weighted by Crippen LogP contribution is -2.39. The van der Waals surface area contributed by atoms with E-state index < -0.39 is 18.2 Å². The van der Waals surface area contributed by atoms with E-state index in [0.717, 1.165) is 22.8 Å². The lowest BCUT2D eigenvalue weighted by Gasteiger charge is -2.18. The highest BCUT2D eigenvalue weighted by molar-refractivity contribution is 5.97. The van der Waals surface area contributed by atoms with E-state index >= 15 is 0 Å². The Kier molecular flexibility index (Phi) is 4.48. The van der Waals surface area contributed by atoms with Crippen molar-refractivity contribution in [3.8, 4) is 11.4 Å². The molecule has 7 heteroatoms. The zero-order valence-corrected chi connectivity index (χ0v) is 15.0. The van der Waals surface area contributed by atoms with Crippen molar-refractivity contribution in [2.75, 3.05) is 20.2 Å². The minimum Gasteiger partial charge on any atom is -0.497 e. The fourth-order valence-corrected chi connectivity index (χ4v) is 3.40. The first kappa shape index (κ1) is 18.0. The van der Waals surface area contributed by atoms with Gasteiger partial charge < -0.3 is 19.3 Å². The van der Waals surface area contributed by atoms with Crippen molar-refractivity contribution >= 4 is 11.9 Å². The molecular formula is C19H21FN2O4. The van der Waals surface area contributed by atoms with E-state index in [2.05, 4.69) is 0 Å². The summed E-state index contributed by atoms with van der Waals surface area (Å²) in [5.41, 5.74) is 0.556.